The molecule has 2 N–H and O–H groups in total. The molecule has 0 amide bonds. The largest absolute Gasteiger partial charge is 0.460 e. The van der Waals surface area contributed by atoms with E-state index >= 15 is 0 Å². The predicted molar refractivity (Wildman–Crippen MR) is 65.7 cm³/mol. The van der Waals surface area contributed by atoms with Gasteiger partial charge in [0.1, 0.15) is 11.4 Å². The molecule has 0 aromatic heterocycles. The van der Waals surface area contributed by atoms with Gasteiger partial charge in [0.25, 0.3) is 0 Å². The van der Waals surface area contributed by atoms with Crippen LogP contribution in [0.4, 0.5) is 0 Å². The van der Waals surface area contributed by atoms with Crippen molar-refractivity contribution in [2.45, 2.75) is 45.6 Å². The van der Waals surface area contributed by atoms with Crippen LogP contribution in [0.3, 0.4) is 0 Å². The van der Waals surface area contributed by atoms with Crippen LogP contribution < -0.4 is 5.90 Å². The molecule has 96 valence electrons. The van der Waals surface area contributed by atoms with Crippen LogP contribution in [-0.2, 0) is 14.4 Å². The molecule has 0 fully saturated rings. The summed E-state index contributed by atoms with van der Waals surface area (Å²) < 4.78 is 5.26. The normalized spacial score (nSPS) is 19.8. The van der Waals surface area contributed by atoms with E-state index in [0.29, 0.717) is 12.2 Å². The SMILES string of the molecule is C=C(ON)C1CC=C(CC(=O)OC(C)(C)C)C1. The number of ether oxygens (including phenoxy) is 1. The molecule has 1 aliphatic rings. The summed E-state index contributed by atoms with van der Waals surface area (Å²) in [5.74, 6) is 5.64. The van der Waals surface area contributed by atoms with E-state index in [2.05, 4.69) is 11.4 Å². The van der Waals surface area contributed by atoms with Gasteiger partial charge in [0, 0.05) is 5.92 Å². The highest BCUT2D eigenvalue weighted by molar-refractivity contribution is 5.73. The van der Waals surface area contributed by atoms with Gasteiger partial charge in [-0.15, -0.1) is 0 Å². The fraction of sp³-hybridized carbons (Fsp3) is 0.615. The molecule has 17 heavy (non-hydrogen) atoms. The van der Waals surface area contributed by atoms with Crippen molar-refractivity contribution in [2.75, 3.05) is 0 Å². The molecule has 0 aliphatic heterocycles. The summed E-state index contributed by atoms with van der Waals surface area (Å²) in [5, 5.41) is 0. The number of allylic oxidation sites excluding steroid dienone is 2. The van der Waals surface area contributed by atoms with E-state index in [-0.39, 0.29) is 11.9 Å². The average molecular weight is 239 g/mol. The Balaban J connectivity index is 2.40. The topological polar surface area (TPSA) is 61.5 Å². The second-order valence-electron chi connectivity index (χ2n) is 5.35. The van der Waals surface area contributed by atoms with Crippen molar-refractivity contribution in [3.63, 3.8) is 0 Å². The zero-order chi connectivity index (χ0) is 13.1. The molecule has 1 rings (SSSR count). The van der Waals surface area contributed by atoms with Crippen molar-refractivity contribution >= 4 is 5.97 Å². The molecule has 0 radical (unpaired) electrons. The summed E-state index contributed by atoms with van der Waals surface area (Å²) >= 11 is 0. The van der Waals surface area contributed by atoms with Crippen molar-refractivity contribution < 1.29 is 14.4 Å². The van der Waals surface area contributed by atoms with Crippen LogP contribution in [0.15, 0.2) is 24.0 Å². The molecule has 0 heterocycles. The summed E-state index contributed by atoms with van der Waals surface area (Å²) in [6, 6.07) is 0. The number of carbonyl (C=O) groups is 1. The van der Waals surface area contributed by atoms with Gasteiger partial charge >= 0.3 is 5.97 Å². The number of rotatable bonds is 4. The number of carbonyl (C=O) groups excluding carboxylic acids is 1. The summed E-state index contributed by atoms with van der Waals surface area (Å²) in [6.45, 7) is 9.32. The molecular formula is C13H21NO3. The highest BCUT2D eigenvalue weighted by Gasteiger charge is 2.24. The minimum atomic E-state index is -0.431. The van der Waals surface area contributed by atoms with Gasteiger partial charge in [0.2, 0.25) is 0 Å². The maximum atomic E-state index is 11.6. The second kappa shape index (κ2) is 5.36. The lowest BCUT2D eigenvalue weighted by Gasteiger charge is -2.19. The Labute approximate surface area is 102 Å². The van der Waals surface area contributed by atoms with Gasteiger partial charge in [-0.25, -0.2) is 0 Å². The summed E-state index contributed by atoms with van der Waals surface area (Å²) in [5.41, 5.74) is 0.641. The minimum absolute atomic E-state index is 0.191. The van der Waals surface area contributed by atoms with Crippen LogP contribution in [0.1, 0.15) is 40.0 Å². The summed E-state index contributed by atoms with van der Waals surface area (Å²) in [4.78, 5) is 16.2. The van der Waals surface area contributed by atoms with E-state index in [1.807, 2.05) is 26.8 Å². The van der Waals surface area contributed by atoms with Crippen LogP contribution in [0.5, 0.6) is 0 Å². The first kappa shape index (κ1) is 13.8. The van der Waals surface area contributed by atoms with Crippen LogP contribution in [0.25, 0.3) is 0 Å². The van der Waals surface area contributed by atoms with Crippen molar-refractivity contribution in [2.24, 2.45) is 11.8 Å². The predicted octanol–water partition coefficient (Wildman–Crippen LogP) is 2.46. The third-order valence-electron chi connectivity index (χ3n) is 2.60. The molecule has 0 saturated carbocycles. The zero-order valence-electron chi connectivity index (χ0n) is 10.8. The van der Waals surface area contributed by atoms with Gasteiger partial charge in [0.05, 0.1) is 6.42 Å². The molecule has 0 spiro atoms. The molecule has 4 heteroatoms. The lowest BCUT2D eigenvalue weighted by Crippen LogP contribution is -2.23. The Hall–Kier alpha value is -1.29. The third kappa shape index (κ3) is 4.61. The molecule has 0 bridgehead atoms. The summed E-state index contributed by atoms with van der Waals surface area (Å²) in [7, 11) is 0. The number of hydrogen-bond donors (Lipinski definition) is 1. The molecular weight excluding hydrogens is 218 g/mol. The maximum Gasteiger partial charge on any atom is 0.310 e. The monoisotopic (exact) mass is 239 g/mol. The van der Waals surface area contributed by atoms with E-state index in [1.54, 1.807) is 0 Å². The van der Waals surface area contributed by atoms with E-state index in [1.165, 1.54) is 0 Å². The van der Waals surface area contributed by atoms with Gasteiger partial charge in [-0.05, 0) is 33.6 Å². The Morgan fingerprint density at radius 1 is 1.59 bits per heavy atom. The summed E-state index contributed by atoms with van der Waals surface area (Å²) in [6.07, 6.45) is 3.98. The first-order valence-electron chi connectivity index (χ1n) is 5.77. The fourth-order valence-corrected chi connectivity index (χ4v) is 1.84. The number of hydrogen-bond acceptors (Lipinski definition) is 4. The van der Waals surface area contributed by atoms with Crippen molar-refractivity contribution in [1.29, 1.82) is 0 Å². The van der Waals surface area contributed by atoms with Crippen LogP contribution >= 0.6 is 0 Å². The minimum Gasteiger partial charge on any atom is -0.460 e. The smallest absolute Gasteiger partial charge is 0.310 e. The quantitative estimate of drug-likeness (QED) is 0.354. The van der Waals surface area contributed by atoms with E-state index < -0.39 is 5.60 Å². The van der Waals surface area contributed by atoms with Gasteiger partial charge in [-0.2, -0.15) is 5.90 Å². The molecule has 0 aromatic rings. The number of esters is 1. The first-order chi connectivity index (χ1) is 7.81. The highest BCUT2D eigenvalue weighted by Crippen LogP contribution is 2.32. The van der Waals surface area contributed by atoms with Gasteiger partial charge in [-0.3, -0.25) is 4.79 Å². The Morgan fingerprint density at radius 2 is 2.24 bits per heavy atom. The van der Waals surface area contributed by atoms with Crippen molar-refractivity contribution in [1.82, 2.24) is 0 Å². The van der Waals surface area contributed by atoms with Gasteiger partial charge in [0.15, 0.2) is 0 Å². The first-order valence-corrected chi connectivity index (χ1v) is 5.77. The zero-order valence-corrected chi connectivity index (χ0v) is 10.8. The molecule has 1 unspecified atom stereocenters. The van der Waals surface area contributed by atoms with Crippen molar-refractivity contribution in [3.8, 4) is 0 Å². The molecule has 0 aromatic carbocycles. The second-order valence-corrected chi connectivity index (χ2v) is 5.35. The third-order valence-corrected chi connectivity index (χ3v) is 2.60. The van der Waals surface area contributed by atoms with E-state index in [0.717, 1.165) is 18.4 Å². The van der Waals surface area contributed by atoms with E-state index in [4.69, 9.17) is 10.6 Å². The van der Waals surface area contributed by atoms with Crippen molar-refractivity contribution in [3.05, 3.63) is 24.0 Å². The van der Waals surface area contributed by atoms with Crippen LogP contribution in [0.2, 0.25) is 0 Å². The molecule has 1 aliphatic carbocycles. The van der Waals surface area contributed by atoms with Crippen LogP contribution in [0, 0.1) is 5.92 Å². The van der Waals surface area contributed by atoms with E-state index in [9.17, 15) is 4.79 Å². The highest BCUT2D eigenvalue weighted by atomic mass is 16.6. The maximum absolute atomic E-state index is 11.6. The Morgan fingerprint density at radius 3 is 2.76 bits per heavy atom. The lowest BCUT2D eigenvalue weighted by atomic mass is 10.0. The molecule has 0 saturated heterocycles. The van der Waals surface area contributed by atoms with Gasteiger partial charge < -0.3 is 9.57 Å². The standard InChI is InChI=1S/C13H21NO3/c1-9(17-14)11-6-5-10(7-11)8-12(15)16-13(2,3)4/h5,11H,1,6-8,14H2,2-4H3. The Kier molecular flexibility index (Phi) is 4.34. The average Bonchev–Trinajstić information content (AvgIpc) is 2.62. The van der Waals surface area contributed by atoms with Crippen LogP contribution in [-0.4, -0.2) is 11.6 Å². The molecule has 1 atom stereocenters. The lowest BCUT2D eigenvalue weighted by molar-refractivity contribution is -0.153. The van der Waals surface area contributed by atoms with Gasteiger partial charge in [-0.1, -0.05) is 18.2 Å². The fourth-order valence-electron chi connectivity index (χ4n) is 1.84. The molecule has 4 nitrogen and oxygen atoms in total. The Bertz CT molecular complexity index is 339. The number of nitrogens with two attached hydrogens (primary N) is 1.